The van der Waals surface area contributed by atoms with Gasteiger partial charge in [-0.3, -0.25) is 0 Å². The van der Waals surface area contributed by atoms with Crippen molar-refractivity contribution < 1.29 is 15.0 Å². The summed E-state index contributed by atoms with van der Waals surface area (Å²) in [6, 6.07) is 10.3. The van der Waals surface area contributed by atoms with Crippen molar-refractivity contribution in [1.29, 1.82) is 0 Å². The summed E-state index contributed by atoms with van der Waals surface area (Å²) in [5.74, 6) is -1.22. The van der Waals surface area contributed by atoms with E-state index in [0.717, 1.165) is 11.1 Å². The van der Waals surface area contributed by atoms with Crippen LogP contribution in [0.1, 0.15) is 72.8 Å². The average Bonchev–Trinajstić information content (AvgIpc) is 2.45. The molecule has 0 atom stereocenters. The fourth-order valence-electron chi connectivity index (χ4n) is 3.38. The van der Waals surface area contributed by atoms with Gasteiger partial charge in [-0.05, 0) is 36.0 Å². The lowest BCUT2D eigenvalue weighted by molar-refractivity contribution is 0.0692. The maximum Gasteiger partial charge on any atom is 0.339 e. The summed E-state index contributed by atoms with van der Waals surface area (Å²) in [6.07, 6.45) is 0. The highest BCUT2D eigenvalue weighted by Gasteiger charge is 2.32. The Balaban J connectivity index is 2.82. The highest BCUT2D eigenvalue weighted by molar-refractivity contribution is 5.94. The molecule has 0 radical (unpaired) electrons. The van der Waals surface area contributed by atoms with Crippen LogP contribution in [0, 0.1) is 13.8 Å². The Bertz CT molecular complexity index is 807. The van der Waals surface area contributed by atoms with E-state index in [0.29, 0.717) is 11.1 Å². The first-order valence-corrected chi connectivity index (χ1v) is 8.55. The number of phenols is 1. The zero-order valence-electron chi connectivity index (χ0n) is 16.2. The molecular weight excluding hydrogens is 312 g/mol. The van der Waals surface area contributed by atoms with E-state index in [4.69, 9.17) is 0 Å². The number of hydrogen-bond donors (Lipinski definition) is 2. The minimum absolute atomic E-state index is 0.00242. The predicted octanol–water partition coefficient (Wildman–Crippen LogP) is 5.33. The number of aryl methyl sites for hydroxylation is 1. The lowest BCUT2D eigenvalue weighted by Crippen LogP contribution is -2.24. The highest BCUT2D eigenvalue weighted by atomic mass is 16.4. The van der Waals surface area contributed by atoms with E-state index in [1.807, 2.05) is 33.8 Å². The van der Waals surface area contributed by atoms with Crippen LogP contribution in [0.15, 0.2) is 30.3 Å². The Morgan fingerprint density at radius 1 is 0.920 bits per heavy atom. The maximum atomic E-state index is 11.8. The smallest absolute Gasteiger partial charge is 0.339 e. The van der Waals surface area contributed by atoms with Crippen LogP contribution in [0.4, 0.5) is 0 Å². The molecule has 0 saturated carbocycles. The van der Waals surface area contributed by atoms with Crippen molar-refractivity contribution >= 4 is 5.97 Å². The average molecular weight is 340 g/mol. The number of hydrogen-bond acceptors (Lipinski definition) is 2. The molecule has 3 nitrogen and oxygen atoms in total. The molecule has 0 aliphatic rings. The Labute approximate surface area is 150 Å². The first-order chi connectivity index (χ1) is 11.4. The standard InChI is InChI=1S/C22H28O3/c1-13-8-10-15(11-9-13)22(6,7)16-12-17(21(3,4)5)19(23)18(14(16)2)20(24)25/h8-12,23H,1-7H3,(H,24,25). The molecule has 2 aromatic carbocycles. The fourth-order valence-corrected chi connectivity index (χ4v) is 3.38. The van der Waals surface area contributed by atoms with E-state index in [9.17, 15) is 15.0 Å². The Morgan fingerprint density at radius 2 is 1.44 bits per heavy atom. The van der Waals surface area contributed by atoms with Gasteiger partial charge in [-0.2, -0.15) is 0 Å². The minimum Gasteiger partial charge on any atom is -0.507 e. The summed E-state index contributed by atoms with van der Waals surface area (Å²) in [4.78, 5) is 11.8. The molecule has 0 spiro atoms. The SMILES string of the molecule is Cc1ccc(C(C)(C)c2cc(C(C)(C)C)c(O)c(C(=O)O)c2C)cc1. The molecule has 3 heteroatoms. The molecule has 0 bridgehead atoms. The van der Waals surface area contributed by atoms with Crippen molar-refractivity contribution in [3.63, 3.8) is 0 Å². The van der Waals surface area contributed by atoms with Crippen LogP contribution in [0.25, 0.3) is 0 Å². The molecule has 25 heavy (non-hydrogen) atoms. The van der Waals surface area contributed by atoms with E-state index in [2.05, 4.69) is 38.1 Å². The molecule has 2 rings (SSSR count). The zero-order chi connectivity index (χ0) is 19.2. The highest BCUT2D eigenvalue weighted by Crippen LogP contribution is 2.42. The van der Waals surface area contributed by atoms with Gasteiger partial charge in [-0.25, -0.2) is 4.79 Å². The van der Waals surface area contributed by atoms with E-state index < -0.39 is 5.97 Å². The van der Waals surface area contributed by atoms with Crippen LogP contribution in [-0.2, 0) is 10.8 Å². The van der Waals surface area contributed by atoms with E-state index in [-0.39, 0.29) is 22.1 Å². The molecule has 134 valence electrons. The first-order valence-electron chi connectivity index (χ1n) is 8.55. The van der Waals surface area contributed by atoms with Gasteiger partial charge in [0.25, 0.3) is 0 Å². The number of aromatic carboxylic acids is 1. The molecule has 0 aromatic heterocycles. The van der Waals surface area contributed by atoms with Crippen LogP contribution in [0.3, 0.4) is 0 Å². The van der Waals surface area contributed by atoms with Gasteiger partial charge in [-0.1, -0.05) is 70.5 Å². The van der Waals surface area contributed by atoms with Crippen LogP contribution < -0.4 is 0 Å². The minimum atomic E-state index is -1.10. The third-order valence-corrected chi connectivity index (χ3v) is 5.03. The fraction of sp³-hybridized carbons (Fsp3) is 0.409. The van der Waals surface area contributed by atoms with Crippen LogP contribution in [0.2, 0.25) is 0 Å². The molecule has 0 aliphatic carbocycles. The van der Waals surface area contributed by atoms with E-state index in [1.165, 1.54) is 5.56 Å². The van der Waals surface area contributed by atoms with E-state index >= 15 is 0 Å². The molecule has 2 N–H and O–H groups in total. The predicted molar refractivity (Wildman–Crippen MR) is 102 cm³/mol. The van der Waals surface area contributed by atoms with Gasteiger partial charge in [0.05, 0.1) is 0 Å². The molecule has 2 aromatic rings. The monoisotopic (exact) mass is 340 g/mol. The zero-order valence-corrected chi connectivity index (χ0v) is 16.2. The second kappa shape index (κ2) is 6.21. The molecule has 0 heterocycles. The van der Waals surface area contributed by atoms with Crippen molar-refractivity contribution in [1.82, 2.24) is 0 Å². The van der Waals surface area contributed by atoms with Gasteiger partial charge in [0.15, 0.2) is 0 Å². The van der Waals surface area contributed by atoms with Crippen molar-refractivity contribution in [2.24, 2.45) is 0 Å². The van der Waals surface area contributed by atoms with Crippen molar-refractivity contribution in [3.8, 4) is 5.75 Å². The second-order valence-electron chi connectivity index (χ2n) is 8.37. The Kier molecular flexibility index (Phi) is 4.73. The van der Waals surface area contributed by atoms with Crippen molar-refractivity contribution in [2.45, 2.75) is 59.3 Å². The van der Waals surface area contributed by atoms with E-state index in [1.54, 1.807) is 6.92 Å². The first kappa shape index (κ1) is 19.0. The number of aromatic hydroxyl groups is 1. The maximum absolute atomic E-state index is 11.8. The summed E-state index contributed by atoms with van der Waals surface area (Å²) in [7, 11) is 0. The normalized spacial score (nSPS) is 12.3. The summed E-state index contributed by atoms with van der Waals surface area (Å²) in [6.45, 7) is 13.9. The largest absolute Gasteiger partial charge is 0.507 e. The number of carboxylic acids is 1. The lowest BCUT2D eigenvalue weighted by atomic mass is 9.72. The molecule has 0 saturated heterocycles. The Hall–Kier alpha value is -2.29. The van der Waals surface area contributed by atoms with Gasteiger partial charge in [0.1, 0.15) is 11.3 Å². The lowest BCUT2D eigenvalue weighted by Gasteiger charge is -2.32. The Morgan fingerprint density at radius 3 is 1.88 bits per heavy atom. The van der Waals surface area contributed by atoms with Gasteiger partial charge >= 0.3 is 5.97 Å². The molecular formula is C22H28O3. The van der Waals surface area contributed by atoms with Gasteiger partial charge in [-0.15, -0.1) is 0 Å². The number of benzene rings is 2. The molecule has 0 amide bonds. The number of carboxylic acid groups (broad SMARTS) is 1. The van der Waals surface area contributed by atoms with Gasteiger partial charge in [0, 0.05) is 11.0 Å². The number of rotatable bonds is 3. The second-order valence-corrected chi connectivity index (χ2v) is 8.37. The topological polar surface area (TPSA) is 57.5 Å². The van der Waals surface area contributed by atoms with Crippen molar-refractivity contribution in [2.75, 3.05) is 0 Å². The molecule has 0 unspecified atom stereocenters. The summed E-state index contributed by atoms with van der Waals surface area (Å²) >= 11 is 0. The summed E-state index contributed by atoms with van der Waals surface area (Å²) < 4.78 is 0. The number of carbonyl (C=O) groups is 1. The van der Waals surface area contributed by atoms with Crippen molar-refractivity contribution in [3.05, 3.63) is 63.7 Å². The molecule has 0 aliphatic heterocycles. The van der Waals surface area contributed by atoms with Crippen LogP contribution >= 0.6 is 0 Å². The van der Waals surface area contributed by atoms with Gasteiger partial charge < -0.3 is 10.2 Å². The molecule has 0 fully saturated rings. The quantitative estimate of drug-likeness (QED) is 0.794. The third kappa shape index (κ3) is 3.41. The van der Waals surface area contributed by atoms with Crippen LogP contribution in [0.5, 0.6) is 5.75 Å². The summed E-state index contributed by atoms with van der Waals surface area (Å²) in [5, 5.41) is 20.3. The van der Waals surface area contributed by atoms with Crippen LogP contribution in [-0.4, -0.2) is 16.2 Å². The van der Waals surface area contributed by atoms with Gasteiger partial charge in [0.2, 0.25) is 0 Å². The third-order valence-electron chi connectivity index (χ3n) is 5.03. The summed E-state index contributed by atoms with van der Waals surface area (Å²) in [5.41, 5.74) is 3.76.